The lowest BCUT2D eigenvalue weighted by molar-refractivity contribution is 0.304. The molecule has 1 aliphatic heterocycles. The number of ether oxygens (including phenoxy) is 2. The number of aromatic nitrogens is 2. The average molecular weight is 477 g/mol. The molecule has 0 atom stereocenters. The molecule has 7 nitrogen and oxygen atoms in total. The highest BCUT2D eigenvalue weighted by molar-refractivity contribution is 7.91. The summed E-state index contributed by atoms with van der Waals surface area (Å²) in [6.07, 6.45) is 1.45. The van der Waals surface area contributed by atoms with E-state index in [1.165, 1.54) is 44.3 Å². The van der Waals surface area contributed by atoms with Crippen molar-refractivity contribution in [2.45, 2.75) is 31.1 Å². The van der Waals surface area contributed by atoms with E-state index in [9.17, 15) is 22.0 Å². The zero-order valence-electron chi connectivity index (χ0n) is 18.1. The fourth-order valence-corrected chi connectivity index (χ4v) is 4.49. The van der Waals surface area contributed by atoms with E-state index in [1.807, 2.05) is 0 Å². The zero-order chi connectivity index (χ0) is 23.8. The molecule has 0 aliphatic carbocycles. The molecule has 174 valence electrons. The van der Waals surface area contributed by atoms with Crippen LogP contribution in [-0.2, 0) is 23.3 Å². The highest BCUT2D eigenvalue weighted by Crippen LogP contribution is 2.40. The van der Waals surface area contributed by atoms with Gasteiger partial charge in [-0.05, 0) is 43.5 Å². The number of nitrogens with zero attached hydrogens (tertiary/aromatic N) is 2. The van der Waals surface area contributed by atoms with Crippen molar-refractivity contribution >= 4 is 9.84 Å². The second kappa shape index (κ2) is 8.93. The molecule has 0 fully saturated rings. The van der Waals surface area contributed by atoms with Gasteiger partial charge in [-0.15, -0.1) is 0 Å². The molecule has 1 aliphatic rings. The molecule has 0 N–H and O–H groups in total. The molecule has 33 heavy (non-hydrogen) atoms. The average Bonchev–Trinajstić information content (AvgIpc) is 2.77. The molecule has 0 bridgehead atoms. The van der Waals surface area contributed by atoms with Crippen LogP contribution in [0.5, 0.6) is 17.2 Å². The largest absolute Gasteiger partial charge is 0.491 e. The Morgan fingerprint density at radius 1 is 1.09 bits per heavy atom. The van der Waals surface area contributed by atoms with Crippen molar-refractivity contribution in [2.75, 3.05) is 12.4 Å². The monoisotopic (exact) mass is 476 g/mol. The van der Waals surface area contributed by atoms with E-state index in [1.54, 1.807) is 0 Å². The molecule has 1 aromatic heterocycles. The Labute approximate surface area is 189 Å². The Bertz CT molecular complexity index is 1390. The number of fused-ring (bicyclic) bond motifs is 4. The number of aryl methyl sites for hydroxylation is 2. The van der Waals surface area contributed by atoms with Gasteiger partial charge in [0.15, 0.2) is 27.2 Å². The van der Waals surface area contributed by atoms with Crippen LogP contribution in [0, 0.1) is 11.6 Å². The fraction of sp³-hybridized carbons (Fsp3) is 0.304. The van der Waals surface area contributed by atoms with Crippen LogP contribution < -0.4 is 15.0 Å². The summed E-state index contributed by atoms with van der Waals surface area (Å²) >= 11 is 0. The van der Waals surface area contributed by atoms with Crippen molar-refractivity contribution in [1.82, 2.24) is 9.78 Å². The molecule has 10 heteroatoms. The number of hydrogen-bond acceptors (Lipinski definition) is 6. The molecular formula is C23H22F2N2O5S. The summed E-state index contributed by atoms with van der Waals surface area (Å²) in [6.45, 7) is 1.75. The van der Waals surface area contributed by atoms with Gasteiger partial charge in [-0.25, -0.2) is 21.9 Å². The van der Waals surface area contributed by atoms with Crippen LogP contribution in [0.25, 0.3) is 11.3 Å². The maximum absolute atomic E-state index is 14.7. The summed E-state index contributed by atoms with van der Waals surface area (Å²) in [5, 5.41) is 4.27. The Morgan fingerprint density at radius 3 is 2.64 bits per heavy atom. The summed E-state index contributed by atoms with van der Waals surface area (Å²) in [6, 6.07) is 7.33. The standard InChI is InChI=1S/C23H22F2N2O5S/c1-3-33(29,30)16-7-8-19-17(12-16)22-20(13-21(28)27(2)26-22)31-9-5-4-6-14-10-15(24)11-18(25)23(14)32-19/h7-8,10-13H,3-6,9H2,1-2H3. The molecule has 2 aromatic carbocycles. The van der Waals surface area contributed by atoms with Gasteiger partial charge in [0.1, 0.15) is 17.3 Å². The van der Waals surface area contributed by atoms with Crippen molar-refractivity contribution < 1.29 is 26.7 Å². The SMILES string of the molecule is CCS(=O)(=O)c1ccc2c(c1)-c1nn(C)c(=O)cc1OCCCCc1cc(F)cc(F)c1O2. The lowest BCUT2D eigenvalue weighted by atomic mass is 10.1. The predicted octanol–water partition coefficient (Wildman–Crippen LogP) is 4.03. The van der Waals surface area contributed by atoms with Gasteiger partial charge in [0, 0.05) is 30.3 Å². The van der Waals surface area contributed by atoms with Crippen LogP contribution in [0.3, 0.4) is 0 Å². The number of sulfone groups is 1. The first-order chi connectivity index (χ1) is 15.7. The van der Waals surface area contributed by atoms with E-state index >= 15 is 0 Å². The smallest absolute Gasteiger partial charge is 0.270 e. The third kappa shape index (κ3) is 4.61. The molecule has 0 spiro atoms. The second-order valence-electron chi connectivity index (χ2n) is 7.66. The Kier molecular flexibility index (Phi) is 6.20. The van der Waals surface area contributed by atoms with E-state index < -0.39 is 27.0 Å². The molecule has 0 radical (unpaired) electrons. The quantitative estimate of drug-likeness (QED) is 0.555. The first kappa shape index (κ1) is 22.9. The molecule has 2 heterocycles. The summed E-state index contributed by atoms with van der Waals surface area (Å²) in [5.74, 6) is -1.61. The van der Waals surface area contributed by atoms with Gasteiger partial charge in [-0.3, -0.25) is 4.79 Å². The third-order valence-corrected chi connectivity index (χ3v) is 7.13. The van der Waals surface area contributed by atoms with Gasteiger partial charge in [0.25, 0.3) is 5.56 Å². The molecular weight excluding hydrogens is 454 g/mol. The van der Waals surface area contributed by atoms with Crippen molar-refractivity contribution in [2.24, 2.45) is 7.05 Å². The van der Waals surface area contributed by atoms with Crippen LogP contribution in [0.1, 0.15) is 25.3 Å². The van der Waals surface area contributed by atoms with Gasteiger partial charge in [0.2, 0.25) is 0 Å². The van der Waals surface area contributed by atoms with Gasteiger partial charge < -0.3 is 9.47 Å². The Hall–Kier alpha value is -3.27. The lowest BCUT2D eigenvalue weighted by Gasteiger charge is -2.19. The Morgan fingerprint density at radius 2 is 1.88 bits per heavy atom. The normalized spacial score (nSPS) is 13.9. The van der Waals surface area contributed by atoms with Gasteiger partial charge in [0.05, 0.1) is 17.3 Å². The van der Waals surface area contributed by atoms with Crippen LogP contribution in [0.15, 0.2) is 46.1 Å². The summed E-state index contributed by atoms with van der Waals surface area (Å²) in [7, 11) is -2.15. The topological polar surface area (TPSA) is 87.5 Å². The van der Waals surface area contributed by atoms with Crippen LogP contribution >= 0.6 is 0 Å². The molecule has 0 saturated carbocycles. The number of halogens is 2. The van der Waals surface area contributed by atoms with E-state index in [2.05, 4.69) is 5.10 Å². The van der Waals surface area contributed by atoms with E-state index in [4.69, 9.17) is 9.47 Å². The summed E-state index contributed by atoms with van der Waals surface area (Å²) < 4.78 is 66.5. The maximum atomic E-state index is 14.7. The van der Waals surface area contributed by atoms with Crippen molar-refractivity contribution in [3.63, 3.8) is 0 Å². The van der Waals surface area contributed by atoms with Gasteiger partial charge in [-0.2, -0.15) is 5.10 Å². The Balaban J connectivity index is 2.01. The zero-order valence-corrected chi connectivity index (χ0v) is 18.9. The van der Waals surface area contributed by atoms with E-state index in [-0.39, 0.29) is 45.8 Å². The highest BCUT2D eigenvalue weighted by Gasteiger charge is 2.23. The summed E-state index contributed by atoms with van der Waals surface area (Å²) in [4.78, 5) is 12.2. The van der Waals surface area contributed by atoms with Crippen molar-refractivity contribution in [1.29, 1.82) is 0 Å². The van der Waals surface area contributed by atoms with E-state index in [0.717, 1.165) is 10.7 Å². The molecule has 4 rings (SSSR count). The number of benzene rings is 2. The van der Waals surface area contributed by atoms with Crippen LogP contribution in [0.4, 0.5) is 8.78 Å². The van der Waals surface area contributed by atoms with Crippen molar-refractivity contribution in [3.05, 3.63) is 63.9 Å². The first-order valence-corrected chi connectivity index (χ1v) is 12.1. The summed E-state index contributed by atoms with van der Waals surface area (Å²) in [5.41, 5.74) is 0.306. The maximum Gasteiger partial charge on any atom is 0.270 e. The van der Waals surface area contributed by atoms with Crippen LogP contribution in [0.2, 0.25) is 0 Å². The van der Waals surface area contributed by atoms with Gasteiger partial charge in [-0.1, -0.05) is 6.92 Å². The lowest BCUT2D eigenvalue weighted by Crippen LogP contribution is -2.20. The minimum absolute atomic E-state index is 0.0147. The molecule has 0 amide bonds. The van der Waals surface area contributed by atoms with Gasteiger partial charge >= 0.3 is 0 Å². The van der Waals surface area contributed by atoms with E-state index in [0.29, 0.717) is 24.8 Å². The number of hydrogen-bond donors (Lipinski definition) is 0. The third-order valence-electron chi connectivity index (χ3n) is 5.40. The molecule has 0 unspecified atom stereocenters. The second-order valence-corrected chi connectivity index (χ2v) is 9.94. The highest BCUT2D eigenvalue weighted by atomic mass is 32.2. The number of rotatable bonds is 2. The van der Waals surface area contributed by atoms with Crippen molar-refractivity contribution in [3.8, 4) is 28.5 Å². The molecule has 3 aromatic rings. The molecule has 0 saturated heterocycles. The minimum Gasteiger partial charge on any atom is -0.491 e. The first-order valence-electron chi connectivity index (χ1n) is 10.4. The minimum atomic E-state index is -3.59. The van der Waals surface area contributed by atoms with Crippen LogP contribution in [-0.4, -0.2) is 30.6 Å². The fourth-order valence-electron chi connectivity index (χ4n) is 3.59. The predicted molar refractivity (Wildman–Crippen MR) is 118 cm³/mol.